The van der Waals surface area contributed by atoms with Crippen molar-refractivity contribution in [2.24, 2.45) is 0 Å². The molecule has 0 saturated carbocycles. The highest BCUT2D eigenvalue weighted by molar-refractivity contribution is 5.81. The van der Waals surface area contributed by atoms with Gasteiger partial charge in [-0.25, -0.2) is 0 Å². The Bertz CT molecular complexity index is 748. The van der Waals surface area contributed by atoms with E-state index in [0.717, 1.165) is 11.3 Å². The summed E-state index contributed by atoms with van der Waals surface area (Å²) in [5.41, 5.74) is 1.10. The number of amides is 1. The first kappa shape index (κ1) is 20.6. The summed E-state index contributed by atoms with van der Waals surface area (Å²) >= 11 is 0. The van der Waals surface area contributed by atoms with Gasteiger partial charge in [0, 0.05) is 6.54 Å². The number of ether oxygens (including phenoxy) is 6. The second kappa shape index (κ2) is 7.52. The lowest BCUT2D eigenvalue weighted by atomic mass is 9.98. The molecule has 1 N–H and O–H groups in total. The maximum absolute atomic E-state index is 12.9. The monoisotopic (exact) mass is 407 g/mol. The molecule has 1 aromatic rings. The summed E-state index contributed by atoms with van der Waals surface area (Å²) in [7, 11) is 1.63. The van der Waals surface area contributed by atoms with Crippen LogP contribution >= 0.6 is 0 Å². The van der Waals surface area contributed by atoms with E-state index < -0.39 is 42.3 Å². The van der Waals surface area contributed by atoms with Crippen molar-refractivity contribution in [1.82, 2.24) is 5.32 Å². The average molecular weight is 407 g/mol. The SMILES string of the molecule is COc1ccc(CCNC(=O)[C@H]2O[C@@H]3OC(C)(C)O[C@@H]3[C@H]3OC(C)(C)O[C@H]32)cc1. The van der Waals surface area contributed by atoms with Gasteiger partial charge in [0.1, 0.15) is 24.1 Å². The number of carbonyl (C=O) groups is 1. The smallest absolute Gasteiger partial charge is 0.252 e. The first-order chi connectivity index (χ1) is 13.7. The second-order valence-corrected chi connectivity index (χ2v) is 8.48. The van der Waals surface area contributed by atoms with Crippen LogP contribution < -0.4 is 10.1 Å². The summed E-state index contributed by atoms with van der Waals surface area (Å²) in [5, 5.41) is 2.94. The molecular weight excluding hydrogens is 378 g/mol. The number of nitrogens with one attached hydrogen (secondary N) is 1. The molecule has 8 heteroatoms. The average Bonchev–Trinajstić information content (AvgIpc) is 3.15. The summed E-state index contributed by atoms with van der Waals surface area (Å²) in [6.07, 6.45) is -2.27. The molecule has 4 rings (SSSR count). The van der Waals surface area contributed by atoms with E-state index in [1.165, 1.54) is 0 Å². The zero-order valence-electron chi connectivity index (χ0n) is 17.5. The van der Waals surface area contributed by atoms with Gasteiger partial charge in [-0.05, 0) is 51.8 Å². The summed E-state index contributed by atoms with van der Waals surface area (Å²) in [4.78, 5) is 12.9. The van der Waals surface area contributed by atoms with Crippen LogP contribution in [0.1, 0.15) is 33.3 Å². The Kier molecular flexibility index (Phi) is 5.33. The molecule has 5 atom stereocenters. The van der Waals surface area contributed by atoms with E-state index in [9.17, 15) is 4.79 Å². The fraction of sp³-hybridized carbons (Fsp3) is 0.667. The van der Waals surface area contributed by atoms with Gasteiger partial charge >= 0.3 is 0 Å². The van der Waals surface area contributed by atoms with E-state index in [1.54, 1.807) is 7.11 Å². The number of hydrogen-bond donors (Lipinski definition) is 1. The Morgan fingerprint density at radius 1 is 0.966 bits per heavy atom. The summed E-state index contributed by atoms with van der Waals surface area (Å²) in [5.74, 6) is -1.08. The van der Waals surface area contributed by atoms with Crippen LogP contribution in [0.5, 0.6) is 5.75 Å². The minimum absolute atomic E-state index is 0.249. The molecule has 1 amide bonds. The molecule has 160 valence electrons. The molecule has 3 aliphatic rings. The molecule has 29 heavy (non-hydrogen) atoms. The zero-order valence-corrected chi connectivity index (χ0v) is 17.5. The van der Waals surface area contributed by atoms with Crippen LogP contribution in [-0.4, -0.2) is 61.8 Å². The third kappa shape index (κ3) is 4.27. The fourth-order valence-electron chi connectivity index (χ4n) is 4.05. The molecule has 3 saturated heterocycles. The lowest BCUT2D eigenvalue weighted by Crippen LogP contribution is -2.59. The lowest BCUT2D eigenvalue weighted by molar-refractivity contribution is -0.231. The highest BCUT2D eigenvalue weighted by atomic mass is 16.9. The van der Waals surface area contributed by atoms with Crippen molar-refractivity contribution in [1.29, 1.82) is 0 Å². The third-order valence-corrected chi connectivity index (χ3v) is 5.29. The minimum Gasteiger partial charge on any atom is -0.497 e. The summed E-state index contributed by atoms with van der Waals surface area (Å²) in [6.45, 7) is 7.74. The number of hydrogen-bond acceptors (Lipinski definition) is 7. The fourth-order valence-corrected chi connectivity index (χ4v) is 4.05. The van der Waals surface area contributed by atoms with Crippen LogP contribution in [0.15, 0.2) is 24.3 Å². The zero-order chi connectivity index (χ0) is 20.8. The topological polar surface area (TPSA) is 84.5 Å². The Labute approximate surface area is 170 Å². The van der Waals surface area contributed by atoms with Gasteiger partial charge in [0.05, 0.1) is 7.11 Å². The number of benzene rings is 1. The highest BCUT2D eigenvalue weighted by Gasteiger charge is 2.62. The first-order valence-electron chi connectivity index (χ1n) is 9.95. The quantitative estimate of drug-likeness (QED) is 0.796. The van der Waals surface area contributed by atoms with Crippen LogP contribution in [0, 0.1) is 0 Å². The molecule has 3 aliphatic heterocycles. The van der Waals surface area contributed by atoms with Gasteiger partial charge < -0.3 is 33.7 Å². The Morgan fingerprint density at radius 3 is 2.28 bits per heavy atom. The molecule has 0 radical (unpaired) electrons. The second-order valence-electron chi connectivity index (χ2n) is 8.48. The van der Waals surface area contributed by atoms with Crippen LogP contribution in [0.2, 0.25) is 0 Å². The van der Waals surface area contributed by atoms with E-state index in [0.29, 0.717) is 13.0 Å². The largest absolute Gasteiger partial charge is 0.497 e. The maximum Gasteiger partial charge on any atom is 0.252 e. The van der Waals surface area contributed by atoms with Crippen molar-refractivity contribution in [2.75, 3.05) is 13.7 Å². The maximum atomic E-state index is 12.9. The predicted octanol–water partition coefficient (Wildman–Crippen LogP) is 1.75. The van der Waals surface area contributed by atoms with Crippen molar-refractivity contribution < 1.29 is 33.2 Å². The molecule has 8 nitrogen and oxygen atoms in total. The molecule has 0 unspecified atom stereocenters. The predicted molar refractivity (Wildman–Crippen MR) is 102 cm³/mol. The third-order valence-electron chi connectivity index (χ3n) is 5.29. The van der Waals surface area contributed by atoms with Crippen molar-refractivity contribution in [2.45, 2.75) is 76.4 Å². The van der Waals surface area contributed by atoms with Gasteiger partial charge in [-0.1, -0.05) is 12.1 Å². The number of rotatable bonds is 5. The van der Waals surface area contributed by atoms with Gasteiger partial charge in [-0.3, -0.25) is 4.79 Å². The van der Waals surface area contributed by atoms with E-state index in [2.05, 4.69) is 5.32 Å². The van der Waals surface area contributed by atoms with Gasteiger partial charge in [0.25, 0.3) is 5.91 Å². The molecule has 0 spiro atoms. The molecule has 0 bridgehead atoms. The van der Waals surface area contributed by atoms with Crippen LogP contribution in [0.4, 0.5) is 0 Å². The Balaban J connectivity index is 1.40. The molecular formula is C21H29NO7. The van der Waals surface area contributed by atoms with Crippen LogP contribution in [0.3, 0.4) is 0 Å². The van der Waals surface area contributed by atoms with Crippen molar-refractivity contribution in [3.8, 4) is 5.75 Å². The molecule has 0 aliphatic carbocycles. The van der Waals surface area contributed by atoms with E-state index in [-0.39, 0.29) is 5.91 Å². The molecule has 3 fully saturated rings. The van der Waals surface area contributed by atoms with Gasteiger partial charge in [0.2, 0.25) is 0 Å². The standard InChI is InChI=1S/C21H29NO7/c1-20(2)26-14-15(27-20)17-19(29-21(3,4)28-17)25-16(14)18(23)22-11-10-12-6-8-13(24-5)9-7-12/h6-9,14-17,19H,10-11H2,1-5H3,(H,22,23)/t14-,15+,16+,17-,19-/m1/s1. The molecule has 3 heterocycles. The van der Waals surface area contributed by atoms with E-state index in [1.807, 2.05) is 52.0 Å². The molecule has 0 aromatic heterocycles. The van der Waals surface area contributed by atoms with Crippen LogP contribution in [0.25, 0.3) is 0 Å². The Hall–Kier alpha value is -1.71. The number of methoxy groups -OCH3 is 1. The van der Waals surface area contributed by atoms with Gasteiger partial charge in [-0.15, -0.1) is 0 Å². The lowest BCUT2D eigenvalue weighted by Gasteiger charge is -2.36. The first-order valence-corrected chi connectivity index (χ1v) is 9.95. The van der Waals surface area contributed by atoms with Crippen molar-refractivity contribution >= 4 is 5.91 Å². The summed E-state index contributed by atoms with van der Waals surface area (Å²) < 4.78 is 34.9. The minimum atomic E-state index is -0.837. The number of carbonyl (C=O) groups excluding carboxylic acids is 1. The normalized spacial score (nSPS) is 34.3. The van der Waals surface area contributed by atoms with Crippen molar-refractivity contribution in [3.63, 3.8) is 0 Å². The number of fused-ring (bicyclic) bond motifs is 3. The Morgan fingerprint density at radius 2 is 1.59 bits per heavy atom. The van der Waals surface area contributed by atoms with Crippen LogP contribution in [-0.2, 0) is 34.9 Å². The van der Waals surface area contributed by atoms with Gasteiger partial charge in [0.15, 0.2) is 24.0 Å². The van der Waals surface area contributed by atoms with E-state index >= 15 is 0 Å². The van der Waals surface area contributed by atoms with E-state index in [4.69, 9.17) is 28.4 Å². The summed E-state index contributed by atoms with van der Waals surface area (Å²) in [6, 6.07) is 7.75. The highest BCUT2D eigenvalue weighted by Crippen LogP contribution is 2.44. The van der Waals surface area contributed by atoms with Crippen molar-refractivity contribution in [3.05, 3.63) is 29.8 Å². The van der Waals surface area contributed by atoms with Gasteiger partial charge in [-0.2, -0.15) is 0 Å². The molecule has 1 aromatic carbocycles.